The van der Waals surface area contributed by atoms with Crippen LogP contribution in [0.15, 0.2) is 24.8 Å². The van der Waals surface area contributed by atoms with Crippen LogP contribution in [-0.4, -0.2) is 73.1 Å². The number of aryl methyl sites for hydroxylation is 1. The molecule has 5 rings (SSSR count). The molecule has 1 amide bonds. The molecule has 31 heavy (non-hydrogen) atoms. The predicted octanol–water partition coefficient (Wildman–Crippen LogP) is 1.83. The van der Waals surface area contributed by atoms with Gasteiger partial charge in [0.1, 0.15) is 18.0 Å². The van der Waals surface area contributed by atoms with E-state index in [9.17, 15) is 4.79 Å². The molecule has 0 spiro atoms. The minimum absolute atomic E-state index is 0.0510. The molecule has 1 saturated carbocycles. The topological polar surface area (TPSA) is 97.0 Å². The number of nitrogens with zero attached hydrogens (tertiary/aromatic N) is 8. The summed E-state index contributed by atoms with van der Waals surface area (Å²) in [5.74, 6) is 1.82. The highest BCUT2D eigenvalue weighted by Crippen LogP contribution is 2.31. The van der Waals surface area contributed by atoms with Crippen LogP contribution in [0, 0.1) is 0 Å². The molecule has 3 aromatic heterocycles. The Kier molecular flexibility index (Phi) is 5.54. The van der Waals surface area contributed by atoms with E-state index in [-0.39, 0.29) is 5.91 Å². The van der Waals surface area contributed by atoms with Crippen LogP contribution in [0.25, 0.3) is 11.0 Å². The van der Waals surface area contributed by atoms with Gasteiger partial charge in [0.15, 0.2) is 5.65 Å². The second-order valence-electron chi connectivity index (χ2n) is 8.43. The van der Waals surface area contributed by atoms with E-state index >= 15 is 0 Å². The Bertz CT molecular complexity index is 1040. The van der Waals surface area contributed by atoms with Crippen molar-refractivity contribution in [2.75, 3.05) is 42.9 Å². The third-order valence-electron chi connectivity index (χ3n) is 6.44. The van der Waals surface area contributed by atoms with E-state index in [1.54, 1.807) is 17.2 Å². The first kappa shape index (κ1) is 19.9. The van der Waals surface area contributed by atoms with Crippen molar-refractivity contribution in [2.45, 2.75) is 38.1 Å². The molecule has 1 N–H and O–H groups in total. The Labute approximate surface area is 181 Å². The molecule has 0 bridgehead atoms. The summed E-state index contributed by atoms with van der Waals surface area (Å²) in [7, 11) is 1.89. The summed E-state index contributed by atoms with van der Waals surface area (Å²) in [6.45, 7) is 4.30. The summed E-state index contributed by atoms with van der Waals surface area (Å²) in [6, 6.07) is 2.32. The maximum atomic E-state index is 12.5. The fourth-order valence-corrected chi connectivity index (χ4v) is 4.70. The minimum atomic E-state index is 0.0510. The number of anilines is 2. The molecule has 164 valence electrons. The van der Waals surface area contributed by atoms with Crippen LogP contribution in [0.4, 0.5) is 11.6 Å². The van der Waals surface area contributed by atoms with Gasteiger partial charge in [-0.1, -0.05) is 12.8 Å². The quantitative estimate of drug-likeness (QED) is 0.646. The summed E-state index contributed by atoms with van der Waals surface area (Å²) >= 11 is 0. The lowest BCUT2D eigenvalue weighted by molar-refractivity contribution is -0.116. The number of hydrogen-bond acceptors (Lipinski definition) is 7. The van der Waals surface area contributed by atoms with E-state index in [2.05, 4.69) is 35.3 Å². The van der Waals surface area contributed by atoms with Crippen molar-refractivity contribution in [3.63, 3.8) is 0 Å². The third-order valence-corrected chi connectivity index (χ3v) is 6.44. The first-order chi connectivity index (χ1) is 15.2. The van der Waals surface area contributed by atoms with Gasteiger partial charge in [0, 0.05) is 52.3 Å². The van der Waals surface area contributed by atoms with Gasteiger partial charge >= 0.3 is 0 Å². The van der Waals surface area contributed by atoms with Crippen LogP contribution in [0.1, 0.15) is 38.1 Å². The lowest BCUT2D eigenvalue weighted by Crippen LogP contribution is -2.47. The molecule has 0 atom stereocenters. The Balaban J connectivity index is 1.12. The minimum Gasteiger partial charge on any atom is -0.353 e. The predicted molar refractivity (Wildman–Crippen MR) is 118 cm³/mol. The van der Waals surface area contributed by atoms with Crippen molar-refractivity contribution >= 4 is 28.6 Å². The highest BCUT2D eigenvalue weighted by atomic mass is 16.1. The van der Waals surface area contributed by atoms with Crippen molar-refractivity contribution in [3.05, 3.63) is 24.8 Å². The summed E-state index contributed by atoms with van der Waals surface area (Å²) < 4.78 is 3.76. The van der Waals surface area contributed by atoms with Gasteiger partial charge in [-0.2, -0.15) is 10.2 Å². The molecule has 0 radical (unpaired) electrons. The second kappa shape index (κ2) is 8.62. The van der Waals surface area contributed by atoms with Crippen LogP contribution >= 0.6 is 0 Å². The number of carbonyl (C=O) groups is 1. The van der Waals surface area contributed by atoms with Crippen molar-refractivity contribution in [3.8, 4) is 0 Å². The van der Waals surface area contributed by atoms with Gasteiger partial charge in [0.2, 0.25) is 5.91 Å². The van der Waals surface area contributed by atoms with Crippen LogP contribution in [0.3, 0.4) is 0 Å². The smallest absolute Gasteiger partial charge is 0.226 e. The van der Waals surface area contributed by atoms with E-state index in [0.717, 1.165) is 68.2 Å². The molecule has 2 fully saturated rings. The molecule has 1 saturated heterocycles. The average molecular weight is 424 g/mol. The lowest BCUT2D eigenvalue weighted by Gasteiger charge is -2.35. The molecule has 0 aromatic carbocycles. The van der Waals surface area contributed by atoms with Crippen LogP contribution in [0.2, 0.25) is 0 Å². The summed E-state index contributed by atoms with van der Waals surface area (Å²) in [5, 5.41) is 12.8. The van der Waals surface area contributed by atoms with Crippen LogP contribution < -0.4 is 10.2 Å². The number of amides is 1. The molecule has 10 nitrogen and oxygen atoms in total. The number of hydrogen-bond donors (Lipinski definition) is 1. The van der Waals surface area contributed by atoms with Gasteiger partial charge in [-0.05, 0) is 12.8 Å². The molecular formula is C21H29N9O. The van der Waals surface area contributed by atoms with Crippen molar-refractivity contribution in [2.24, 2.45) is 7.05 Å². The van der Waals surface area contributed by atoms with Gasteiger partial charge in [-0.25, -0.2) is 14.6 Å². The molecule has 3 aromatic rings. The van der Waals surface area contributed by atoms with E-state index in [1.165, 1.54) is 12.8 Å². The van der Waals surface area contributed by atoms with Crippen molar-refractivity contribution in [1.82, 2.24) is 34.4 Å². The van der Waals surface area contributed by atoms with Crippen LogP contribution in [-0.2, 0) is 11.8 Å². The van der Waals surface area contributed by atoms with Crippen molar-refractivity contribution in [1.29, 1.82) is 0 Å². The Morgan fingerprint density at radius 3 is 2.74 bits per heavy atom. The SMILES string of the molecule is Cn1ncc2c(N3CCN(CCC(=O)Nc4ccnn4C4CCCC4)CC3)ncnc21. The molecule has 1 aliphatic heterocycles. The van der Waals surface area contributed by atoms with Gasteiger partial charge in [-0.15, -0.1) is 0 Å². The lowest BCUT2D eigenvalue weighted by atomic mass is 10.2. The highest BCUT2D eigenvalue weighted by molar-refractivity contribution is 5.90. The molecule has 10 heteroatoms. The second-order valence-corrected chi connectivity index (χ2v) is 8.43. The molecule has 4 heterocycles. The normalized spacial score (nSPS) is 18.2. The first-order valence-electron chi connectivity index (χ1n) is 11.1. The van der Waals surface area contributed by atoms with Gasteiger partial charge in [0.25, 0.3) is 0 Å². The van der Waals surface area contributed by atoms with E-state index < -0.39 is 0 Å². The summed E-state index contributed by atoms with van der Waals surface area (Å²) in [6.07, 6.45) is 10.5. The summed E-state index contributed by atoms with van der Waals surface area (Å²) in [5.41, 5.74) is 0.848. The Morgan fingerprint density at radius 1 is 1.13 bits per heavy atom. The van der Waals surface area contributed by atoms with Crippen molar-refractivity contribution < 1.29 is 4.79 Å². The third kappa shape index (κ3) is 4.12. The standard InChI is InChI=1S/C21H29N9O/c1-27-20-17(14-25-27)21(23-15-22-20)29-12-10-28(11-13-29)9-7-19(31)26-18-6-8-24-30(18)16-4-2-3-5-16/h6,8,14-16H,2-5,7,9-13H2,1H3,(H,26,31). The van der Waals surface area contributed by atoms with Gasteiger partial charge in [-0.3, -0.25) is 14.4 Å². The summed E-state index contributed by atoms with van der Waals surface area (Å²) in [4.78, 5) is 26.0. The number of rotatable bonds is 6. The largest absolute Gasteiger partial charge is 0.353 e. The zero-order valence-electron chi connectivity index (χ0n) is 17.9. The zero-order valence-corrected chi connectivity index (χ0v) is 17.9. The van der Waals surface area contributed by atoms with E-state index in [4.69, 9.17) is 0 Å². The molecule has 1 aliphatic carbocycles. The molecule has 2 aliphatic rings. The molecule has 0 unspecified atom stereocenters. The number of piperazine rings is 1. The fourth-order valence-electron chi connectivity index (χ4n) is 4.70. The maximum Gasteiger partial charge on any atom is 0.226 e. The Morgan fingerprint density at radius 2 is 1.94 bits per heavy atom. The first-order valence-corrected chi connectivity index (χ1v) is 11.1. The number of fused-ring (bicyclic) bond motifs is 1. The van der Waals surface area contributed by atoms with E-state index in [0.29, 0.717) is 12.5 Å². The van der Waals surface area contributed by atoms with Gasteiger partial charge in [0.05, 0.1) is 23.8 Å². The number of nitrogens with one attached hydrogen (secondary N) is 1. The highest BCUT2D eigenvalue weighted by Gasteiger charge is 2.23. The fraction of sp³-hybridized carbons (Fsp3) is 0.571. The maximum absolute atomic E-state index is 12.5. The number of aromatic nitrogens is 6. The average Bonchev–Trinajstić information content (AvgIpc) is 3.54. The molecular weight excluding hydrogens is 394 g/mol. The van der Waals surface area contributed by atoms with E-state index in [1.807, 2.05) is 24.0 Å². The number of carbonyl (C=O) groups excluding carboxylic acids is 1. The Hall–Kier alpha value is -3.01. The monoisotopic (exact) mass is 423 g/mol. The van der Waals surface area contributed by atoms with Gasteiger partial charge < -0.3 is 10.2 Å². The zero-order chi connectivity index (χ0) is 21.2. The van der Waals surface area contributed by atoms with Crippen LogP contribution in [0.5, 0.6) is 0 Å².